The molecule has 10 aromatic rings. The maximum atomic E-state index is 7.30. The maximum absolute atomic E-state index is 7.30. The van der Waals surface area contributed by atoms with E-state index in [4.69, 9.17) is 4.74 Å². The molecular formula is C50H31NOS2Si. The third-order valence-electron chi connectivity index (χ3n) is 11.6. The molecule has 0 unspecified atom stereocenters. The van der Waals surface area contributed by atoms with Gasteiger partial charge in [0.25, 0.3) is 0 Å². The SMILES string of the molecule is c1ccc2c(c1)Oc1c(N(c3ccc4c(ccc5ccccc54)c3)c3cccc4c3sc3ccccc34)cccc1[Si]21c2ccccc2Sc2ccccc21. The normalized spacial score (nSPS) is 13.7. The lowest BCUT2D eigenvalue weighted by atomic mass is 10.0. The molecule has 0 amide bonds. The Morgan fingerprint density at radius 1 is 0.436 bits per heavy atom. The Bertz CT molecular complexity index is 3140. The smallest absolute Gasteiger partial charge is 0.190 e. The predicted molar refractivity (Wildman–Crippen MR) is 237 cm³/mol. The van der Waals surface area contributed by atoms with E-state index in [0.717, 1.165) is 28.6 Å². The summed E-state index contributed by atoms with van der Waals surface area (Å²) in [4.78, 5) is 5.13. The highest BCUT2D eigenvalue weighted by Crippen LogP contribution is 2.49. The van der Waals surface area contributed by atoms with Gasteiger partial charge in [0.2, 0.25) is 0 Å². The Hall–Kier alpha value is -6.11. The van der Waals surface area contributed by atoms with Gasteiger partial charge in [-0.25, -0.2) is 0 Å². The number of rotatable bonds is 3. The van der Waals surface area contributed by atoms with Crippen molar-refractivity contribution >= 4 is 111 Å². The Morgan fingerprint density at radius 2 is 1.05 bits per heavy atom. The number of ether oxygens (including phenoxy) is 1. The molecule has 2 nitrogen and oxygen atoms in total. The van der Waals surface area contributed by atoms with Gasteiger partial charge >= 0.3 is 0 Å². The average molecular weight is 754 g/mol. The van der Waals surface area contributed by atoms with Crippen molar-refractivity contribution < 1.29 is 4.74 Å². The largest absolute Gasteiger partial charge is 0.455 e. The van der Waals surface area contributed by atoms with E-state index in [9.17, 15) is 0 Å². The van der Waals surface area contributed by atoms with Gasteiger partial charge in [0.1, 0.15) is 5.75 Å². The van der Waals surface area contributed by atoms with Gasteiger partial charge in [0.05, 0.1) is 16.1 Å². The lowest BCUT2D eigenvalue weighted by Crippen LogP contribution is -2.77. The molecule has 2 aliphatic heterocycles. The summed E-state index contributed by atoms with van der Waals surface area (Å²) < 4.78 is 9.84. The molecule has 3 heterocycles. The molecule has 9 aromatic carbocycles. The van der Waals surface area contributed by atoms with E-state index in [1.54, 1.807) is 0 Å². The van der Waals surface area contributed by atoms with Crippen LogP contribution in [0.4, 0.5) is 17.1 Å². The Labute approximate surface area is 327 Å². The first-order chi connectivity index (χ1) is 27.3. The molecule has 0 saturated carbocycles. The molecule has 0 fully saturated rings. The molecule has 0 radical (unpaired) electrons. The summed E-state index contributed by atoms with van der Waals surface area (Å²) in [5, 5.41) is 13.0. The Morgan fingerprint density at radius 3 is 1.91 bits per heavy atom. The first-order valence-corrected chi connectivity index (χ1v) is 22.3. The van der Waals surface area contributed by atoms with Crippen molar-refractivity contribution in [1.82, 2.24) is 0 Å². The van der Waals surface area contributed by atoms with Gasteiger partial charge in [0.15, 0.2) is 13.8 Å². The third kappa shape index (κ3) is 4.43. The fourth-order valence-corrected chi connectivity index (χ4v) is 17.6. The fraction of sp³-hybridized carbons (Fsp3) is 0. The van der Waals surface area contributed by atoms with Crippen LogP contribution in [0.2, 0.25) is 0 Å². The summed E-state index contributed by atoms with van der Waals surface area (Å²) in [6.45, 7) is 0. The molecule has 2 aliphatic rings. The van der Waals surface area contributed by atoms with Crippen molar-refractivity contribution in [2.24, 2.45) is 0 Å². The molecule has 55 heavy (non-hydrogen) atoms. The summed E-state index contributed by atoms with van der Waals surface area (Å²) in [6.07, 6.45) is 0. The standard InChI is InChI=1S/C50H31NOS2Si/c1-2-14-35-32(13-1)27-28-33-31-34(29-30-36(33)35)51(40-18-11-16-38-37-15-3-5-20-42(37)54-50(38)40)39-17-12-26-48-49(39)52-41-19-4-8-23-45(41)55(48)46-24-9-6-21-43(46)53-44-22-7-10-25-47(44)55/h1-31H. The van der Waals surface area contributed by atoms with E-state index < -0.39 is 8.07 Å². The second-order valence-electron chi connectivity index (χ2n) is 14.4. The highest BCUT2D eigenvalue weighted by Gasteiger charge is 2.52. The minimum absolute atomic E-state index is 0.932. The van der Waals surface area contributed by atoms with Crippen molar-refractivity contribution in [3.63, 3.8) is 0 Å². The molecule has 0 bridgehead atoms. The molecule has 5 heteroatoms. The zero-order chi connectivity index (χ0) is 36.1. The van der Waals surface area contributed by atoms with E-state index in [-0.39, 0.29) is 0 Å². The monoisotopic (exact) mass is 753 g/mol. The molecule has 258 valence electrons. The Balaban J connectivity index is 1.19. The zero-order valence-electron chi connectivity index (χ0n) is 29.6. The van der Waals surface area contributed by atoms with Gasteiger partial charge in [0, 0.05) is 31.0 Å². The van der Waals surface area contributed by atoms with Gasteiger partial charge in [-0.15, -0.1) is 11.3 Å². The Kier molecular flexibility index (Phi) is 6.79. The number of thiophene rings is 1. The van der Waals surface area contributed by atoms with Crippen LogP contribution in [0.3, 0.4) is 0 Å². The van der Waals surface area contributed by atoms with Gasteiger partial charge in [-0.1, -0.05) is 151 Å². The van der Waals surface area contributed by atoms with Crippen molar-refractivity contribution in [2.45, 2.75) is 9.79 Å². The van der Waals surface area contributed by atoms with E-state index in [2.05, 4.69) is 193 Å². The van der Waals surface area contributed by atoms with Crippen molar-refractivity contribution in [1.29, 1.82) is 0 Å². The number of hydrogen-bond acceptors (Lipinski definition) is 4. The number of nitrogens with zero attached hydrogens (tertiary/aromatic N) is 1. The molecule has 1 aromatic heterocycles. The van der Waals surface area contributed by atoms with Gasteiger partial charge in [-0.05, 0) is 90.8 Å². The van der Waals surface area contributed by atoms with Crippen molar-refractivity contribution in [2.75, 3.05) is 4.90 Å². The van der Waals surface area contributed by atoms with Crippen LogP contribution in [0.15, 0.2) is 198 Å². The highest BCUT2D eigenvalue weighted by atomic mass is 32.2. The summed E-state index contributed by atoms with van der Waals surface area (Å²) in [7, 11) is -2.86. The van der Waals surface area contributed by atoms with Gasteiger partial charge in [-0.2, -0.15) is 0 Å². The lowest BCUT2D eigenvalue weighted by Gasteiger charge is -2.44. The molecule has 0 saturated heterocycles. The first-order valence-electron chi connectivity index (χ1n) is 18.7. The van der Waals surface area contributed by atoms with Crippen LogP contribution in [-0.4, -0.2) is 8.07 Å². The average Bonchev–Trinajstić information content (AvgIpc) is 3.63. The predicted octanol–water partition coefficient (Wildman–Crippen LogP) is 11.8. The summed E-state index contributed by atoms with van der Waals surface area (Å²) in [5.41, 5.74) is 3.28. The van der Waals surface area contributed by atoms with Crippen LogP contribution >= 0.6 is 23.1 Å². The molecule has 0 aliphatic carbocycles. The zero-order valence-corrected chi connectivity index (χ0v) is 32.2. The third-order valence-corrected chi connectivity index (χ3v) is 19.2. The minimum Gasteiger partial charge on any atom is -0.455 e. The summed E-state index contributed by atoms with van der Waals surface area (Å²) in [5.74, 6) is 1.87. The number of hydrogen-bond donors (Lipinski definition) is 0. The molecular weight excluding hydrogens is 723 g/mol. The number of benzene rings is 9. The molecule has 0 atom stereocenters. The van der Waals surface area contributed by atoms with Crippen LogP contribution in [0.1, 0.15) is 0 Å². The highest BCUT2D eigenvalue weighted by molar-refractivity contribution is 8.00. The fourth-order valence-electron chi connectivity index (χ4n) is 9.25. The minimum atomic E-state index is -2.86. The van der Waals surface area contributed by atoms with Crippen molar-refractivity contribution in [3.05, 3.63) is 188 Å². The molecule has 1 spiro atoms. The van der Waals surface area contributed by atoms with Crippen LogP contribution in [0, 0.1) is 0 Å². The second kappa shape index (κ2) is 11.9. The first kappa shape index (κ1) is 31.3. The van der Waals surface area contributed by atoms with E-state index in [0.29, 0.717) is 0 Å². The van der Waals surface area contributed by atoms with Gasteiger partial charge < -0.3 is 9.64 Å². The van der Waals surface area contributed by atoms with E-state index >= 15 is 0 Å². The second-order valence-corrected chi connectivity index (χ2v) is 20.2. The maximum Gasteiger partial charge on any atom is 0.190 e. The summed E-state index contributed by atoms with van der Waals surface area (Å²) in [6, 6.07) is 69.6. The van der Waals surface area contributed by atoms with Crippen LogP contribution in [-0.2, 0) is 0 Å². The lowest BCUT2D eigenvalue weighted by molar-refractivity contribution is 0.488. The molecule has 0 N–H and O–H groups in total. The summed E-state index contributed by atoms with van der Waals surface area (Å²) >= 11 is 3.76. The van der Waals surface area contributed by atoms with E-state index in [1.165, 1.54) is 72.3 Å². The van der Waals surface area contributed by atoms with Crippen molar-refractivity contribution in [3.8, 4) is 11.5 Å². The topological polar surface area (TPSA) is 12.5 Å². The van der Waals surface area contributed by atoms with Crippen LogP contribution in [0.5, 0.6) is 11.5 Å². The quantitative estimate of drug-likeness (QED) is 0.132. The van der Waals surface area contributed by atoms with E-state index in [1.807, 2.05) is 23.1 Å². The number of para-hydroxylation sites is 2. The number of anilines is 3. The van der Waals surface area contributed by atoms with Crippen LogP contribution in [0.25, 0.3) is 41.7 Å². The van der Waals surface area contributed by atoms with Gasteiger partial charge in [-0.3, -0.25) is 0 Å². The van der Waals surface area contributed by atoms with Crippen LogP contribution < -0.4 is 30.4 Å². The molecule has 12 rings (SSSR count). The number of fused-ring (bicyclic) bond motifs is 14.